The van der Waals surface area contributed by atoms with Gasteiger partial charge in [0.1, 0.15) is 0 Å². The smallest absolute Gasteiger partial charge is 0.258 e. The van der Waals surface area contributed by atoms with Crippen molar-refractivity contribution in [2.24, 2.45) is 11.7 Å². The zero-order valence-electron chi connectivity index (χ0n) is 12.4. The van der Waals surface area contributed by atoms with Gasteiger partial charge < -0.3 is 5.73 Å². The van der Waals surface area contributed by atoms with Crippen LogP contribution in [0.3, 0.4) is 0 Å². The fourth-order valence-electron chi connectivity index (χ4n) is 3.38. The minimum atomic E-state index is 0.00340. The van der Waals surface area contributed by atoms with Crippen LogP contribution in [0.25, 0.3) is 4.96 Å². The number of nitrogens with two attached hydrogens (primary N) is 1. The highest BCUT2D eigenvalue weighted by molar-refractivity contribution is 7.15. The molecule has 0 bridgehead atoms. The second-order valence-electron chi connectivity index (χ2n) is 5.90. The number of hydrogen-bond acceptors (Lipinski definition) is 5. The highest BCUT2D eigenvalue weighted by atomic mass is 32.1. The van der Waals surface area contributed by atoms with E-state index in [2.05, 4.69) is 16.9 Å². The van der Waals surface area contributed by atoms with E-state index in [0.717, 1.165) is 17.2 Å². The van der Waals surface area contributed by atoms with E-state index in [0.29, 0.717) is 18.5 Å². The van der Waals surface area contributed by atoms with Crippen molar-refractivity contribution in [2.45, 2.75) is 38.3 Å². The molecule has 2 aromatic rings. The number of fused-ring (bicyclic) bond motifs is 1. The van der Waals surface area contributed by atoms with E-state index in [-0.39, 0.29) is 5.56 Å². The van der Waals surface area contributed by atoms with E-state index in [4.69, 9.17) is 5.73 Å². The molecule has 1 fully saturated rings. The zero-order chi connectivity index (χ0) is 14.8. The molecule has 2 heterocycles. The van der Waals surface area contributed by atoms with E-state index in [9.17, 15) is 4.79 Å². The van der Waals surface area contributed by atoms with Gasteiger partial charge in [0.05, 0.1) is 5.69 Å². The Morgan fingerprint density at radius 1 is 1.48 bits per heavy atom. The third-order valence-corrected chi connectivity index (χ3v) is 5.26. The quantitative estimate of drug-likeness (QED) is 0.934. The molecular weight excluding hydrogens is 284 g/mol. The third-order valence-electron chi connectivity index (χ3n) is 4.51. The first-order valence-electron chi connectivity index (χ1n) is 7.55. The maximum absolute atomic E-state index is 12.0. The van der Waals surface area contributed by atoms with Crippen molar-refractivity contribution in [1.29, 1.82) is 0 Å². The van der Waals surface area contributed by atoms with Crippen LogP contribution < -0.4 is 11.3 Å². The summed E-state index contributed by atoms with van der Waals surface area (Å²) in [6.45, 7) is 1.46. The Hall–Kier alpha value is -1.24. The first kappa shape index (κ1) is 14.7. The predicted octanol–water partition coefficient (Wildman–Crippen LogP) is 1.71. The zero-order valence-corrected chi connectivity index (χ0v) is 13.2. The van der Waals surface area contributed by atoms with Crippen molar-refractivity contribution in [3.8, 4) is 0 Å². The summed E-state index contributed by atoms with van der Waals surface area (Å²) in [6.07, 6.45) is 6.73. The molecule has 2 atom stereocenters. The molecule has 5 nitrogen and oxygen atoms in total. The van der Waals surface area contributed by atoms with Crippen LogP contribution in [0.2, 0.25) is 0 Å². The predicted molar refractivity (Wildman–Crippen MR) is 85.6 cm³/mol. The molecule has 2 aromatic heterocycles. The Morgan fingerprint density at radius 3 is 3.10 bits per heavy atom. The monoisotopic (exact) mass is 306 g/mol. The van der Waals surface area contributed by atoms with Crippen LogP contribution in [0.5, 0.6) is 0 Å². The van der Waals surface area contributed by atoms with Gasteiger partial charge in [-0.25, -0.2) is 4.98 Å². The van der Waals surface area contributed by atoms with E-state index >= 15 is 0 Å². The van der Waals surface area contributed by atoms with Gasteiger partial charge in [-0.15, -0.1) is 11.3 Å². The summed E-state index contributed by atoms with van der Waals surface area (Å²) < 4.78 is 1.59. The van der Waals surface area contributed by atoms with Crippen LogP contribution in [0.4, 0.5) is 0 Å². The summed E-state index contributed by atoms with van der Waals surface area (Å²) in [5.74, 6) is 0.565. The lowest BCUT2D eigenvalue weighted by atomic mass is 9.83. The van der Waals surface area contributed by atoms with Crippen molar-refractivity contribution in [3.63, 3.8) is 0 Å². The molecule has 6 heteroatoms. The fraction of sp³-hybridized carbons (Fsp3) is 0.600. The highest BCUT2D eigenvalue weighted by Crippen LogP contribution is 2.27. The average molecular weight is 306 g/mol. The second kappa shape index (κ2) is 6.25. The van der Waals surface area contributed by atoms with Gasteiger partial charge in [-0.2, -0.15) is 0 Å². The van der Waals surface area contributed by atoms with Gasteiger partial charge in [-0.05, 0) is 32.4 Å². The summed E-state index contributed by atoms with van der Waals surface area (Å²) in [6, 6.07) is 2.16. The number of thiazole rings is 1. The normalized spacial score (nSPS) is 23.0. The molecule has 0 saturated heterocycles. The number of rotatable bonds is 4. The van der Waals surface area contributed by atoms with Crippen LogP contribution in [0.15, 0.2) is 22.4 Å². The first-order valence-corrected chi connectivity index (χ1v) is 8.43. The Labute approximate surface area is 128 Å². The van der Waals surface area contributed by atoms with Gasteiger partial charge in [0, 0.05) is 30.2 Å². The minimum absolute atomic E-state index is 0.00340. The molecule has 2 N–H and O–H groups in total. The van der Waals surface area contributed by atoms with Gasteiger partial charge in [-0.3, -0.25) is 14.1 Å². The van der Waals surface area contributed by atoms with E-state index in [1.54, 1.807) is 16.7 Å². The van der Waals surface area contributed by atoms with Crippen molar-refractivity contribution in [2.75, 3.05) is 13.6 Å². The van der Waals surface area contributed by atoms with E-state index < -0.39 is 0 Å². The second-order valence-corrected chi connectivity index (χ2v) is 6.78. The number of nitrogens with zero attached hydrogens (tertiary/aromatic N) is 3. The van der Waals surface area contributed by atoms with Gasteiger partial charge >= 0.3 is 0 Å². The van der Waals surface area contributed by atoms with Crippen LogP contribution in [-0.4, -0.2) is 33.9 Å². The fourth-order valence-corrected chi connectivity index (χ4v) is 4.12. The largest absolute Gasteiger partial charge is 0.330 e. The van der Waals surface area contributed by atoms with Crippen molar-refractivity contribution >= 4 is 16.3 Å². The third kappa shape index (κ3) is 3.02. The summed E-state index contributed by atoms with van der Waals surface area (Å²) in [7, 11) is 2.12. The standard InChI is InChI=1S/C15H22N4OS/c1-18(13-5-3-2-4-11(13)9-16)10-12-8-14(20)19-6-7-21-15(19)17-12/h6-8,11,13H,2-5,9-10,16H2,1H3. The molecule has 0 amide bonds. The lowest BCUT2D eigenvalue weighted by Crippen LogP contribution is -2.42. The average Bonchev–Trinajstić information content (AvgIpc) is 2.96. The number of aromatic nitrogens is 2. The van der Waals surface area contributed by atoms with Gasteiger partial charge in [0.15, 0.2) is 4.96 Å². The summed E-state index contributed by atoms with van der Waals surface area (Å²) in [4.78, 5) is 19.7. The molecule has 1 saturated carbocycles. The molecular formula is C15H22N4OS. The molecule has 3 rings (SSSR count). The molecule has 2 unspecified atom stereocenters. The highest BCUT2D eigenvalue weighted by Gasteiger charge is 2.27. The van der Waals surface area contributed by atoms with Gasteiger partial charge in [0.25, 0.3) is 5.56 Å². The van der Waals surface area contributed by atoms with Crippen molar-refractivity contribution in [3.05, 3.63) is 33.7 Å². The molecule has 0 spiro atoms. The van der Waals surface area contributed by atoms with E-state index in [1.165, 1.54) is 37.0 Å². The molecule has 21 heavy (non-hydrogen) atoms. The lowest BCUT2D eigenvalue weighted by Gasteiger charge is -2.37. The Kier molecular flexibility index (Phi) is 4.37. The van der Waals surface area contributed by atoms with Crippen LogP contribution in [0.1, 0.15) is 31.4 Å². The van der Waals surface area contributed by atoms with Gasteiger partial charge in [-0.1, -0.05) is 12.8 Å². The van der Waals surface area contributed by atoms with Crippen LogP contribution in [0, 0.1) is 5.92 Å². The van der Waals surface area contributed by atoms with Crippen molar-refractivity contribution in [1.82, 2.24) is 14.3 Å². The molecule has 1 aliphatic rings. The topological polar surface area (TPSA) is 63.6 Å². The van der Waals surface area contributed by atoms with Crippen LogP contribution in [-0.2, 0) is 6.54 Å². The Balaban J connectivity index is 1.78. The lowest BCUT2D eigenvalue weighted by molar-refractivity contribution is 0.126. The number of hydrogen-bond donors (Lipinski definition) is 1. The summed E-state index contributed by atoms with van der Waals surface area (Å²) >= 11 is 1.50. The first-order chi connectivity index (χ1) is 10.2. The molecule has 114 valence electrons. The Morgan fingerprint density at radius 2 is 2.29 bits per heavy atom. The molecule has 0 aliphatic heterocycles. The van der Waals surface area contributed by atoms with Crippen molar-refractivity contribution < 1.29 is 0 Å². The molecule has 0 radical (unpaired) electrons. The van der Waals surface area contributed by atoms with Crippen LogP contribution >= 0.6 is 11.3 Å². The molecule has 0 aromatic carbocycles. The maximum atomic E-state index is 12.0. The maximum Gasteiger partial charge on any atom is 0.258 e. The summed E-state index contributed by atoms with van der Waals surface area (Å²) in [5, 5.41) is 1.89. The Bertz CT molecular complexity index is 665. The van der Waals surface area contributed by atoms with E-state index in [1.807, 2.05) is 5.38 Å². The van der Waals surface area contributed by atoms with Gasteiger partial charge in [0.2, 0.25) is 0 Å². The minimum Gasteiger partial charge on any atom is -0.330 e. The SMILES string of the molecule is CN(Cc1cc(=O)n2ccsc2n1)C1CCCCC1CN. The molecule has 1 aliphatic carbocycles. The summed E-state index contributed by atoms with van der Waals surface area (Å²) in [5.41, 5.74) is 6.77.